The van der Waals surface area contributed by atoms with Crippen LogP contribution in [0.2, 0.25) is 0 Å². The van der Waals surface area contributed by atoms with Crippen LogP contribution in [-0.4, -0.2) is 38.8 Å². The molecule has 0 bridgehead atoms. The van der Waals surface area contributed by atoms with E-state index in [-0.39, 0.29) is 0 Å². The van der Waals surface area contributed by atoms with Crippen molar-refractivity contribution >= 4 is 16.8 Å². The van der Waals surface area contributed by atoms with Gasteiger partial charge in [-0.05, 0) is 32.3 Å². The standard InChI is InChI=1S/C8H19O5PSi/c1-5-11-15(12-6-2,13-7-3)8(4)14(9)10/h8H,5-7H2,1-4H3/p+1. The molecule has 5 nitrogen and oxygen atoms in total. The van der Waals surface area contributed by atoms with Crippen molar-refractivity contribution in [2.24, 2.45) is 0 Å². The summed E-state index contributed by atoms with van der Waals surface area (Å²) in [5, 5.41) is -0.590. The molecule has 0 saturated carbocycles. The van der Waals surface area contributed by atoms with Crippen LogP contribution in [-0.2, 0) is 17.8 Å². The van der Waals surface area contributed by atoms with Gasteiger partial charge in [0.2, 0.25) is 0 Å². The van der Waals surface area contributed by atoms with Gasteiger partial charge in [-0.15, -0.1) is 0 Å². The largest absolute Gasteiger partial charge is 0.558 e. The van der Waals surface area contributed by atoms with Crippen LogP contribution in [0.3, 0.4) is 0 Å². The lowest BCUT2D eigenvalue weighted by molar-refractivity contribution is 0.0695. The highest BCUT2D eigenvalue weighted by molar-refractivity contribution is 7.42. The highest BCUT2D eigenvalue weighted by atomic mass is 31.1. The predicted molar refractivity (Wildman–Crippen MR) is 59.9 cm³/mol. The molecule has 7 heteroatoms. The van der Waals surface area contributed by atoms with Gasteiger partial charge in [0, 0.05) is 19.8 Å². The molecule has 0 rings (SSSR count). The molecule has 0 aliphatic carbocycles. The predicted octanol–water partition coefficient (Wildman–Crippen LogP) is 1.70. The minimum Gasteiger partial charge on any atom is -0.371 e. The summed E-state index contributed by atoms with van der Waals surface area (Å²) in [7, 11) is -5.34. The fraction of sp³-hybridized carbons (Fsp3) is 1.00. The van der Waals surface area contributed by atoms with Gasteiger partial charge in [0.1, 0.15) is 0 Å². The molecular formula is C8H20O5PSi+. The van der Waals surface area contributed by atoms with Crippen molar-refractivity contribution in [1.82, 2.24) is 0 Å². The van der Waals surface area contributed by atoms with Crippen LogP contribution in [0.4, 0.5) is 0 Å². The summed E-state index contributed by atoms with van der Waals surface area (Å²) in [6.07, 6.45) is 0. The second-order valence-corrected chi connectivity index (χ2v) is 7.69. The molecular weight excluding hydrogens is 235 g/mol. The Morgan fingerprint density at radius 1 is 1.13 bits per heavy atom. The third-order valence-electron chi connectivity index (χ3n) is 1.88. The maximum absolute atomic E-state index is 11.1. The normalized spacial score (nSPS) is 15.1. The molecule has 2 atom stereocenters. The Morgan fingerprint density at radius 3 is 1.67 bits per heavy atom. The summed E-state index contributed by atoms with van der Waals surface area (Å²) in [5.41, 5.74) is 0. The Labute approximate surface area is 93.0 Å². The first kappa shape index (κ1) is 15.2. The van der Waals surface area contributed by atoms with Gasteiger partial charge in [0.05, 0.1) is 0 Å². The van der Waals surface area contributed by atoms with Crippen molar-refractivity contribution in [2.75, 3.05) is 19.8 Å². The van der Waals surface area contributed by atoms with Crippen LogP contribution >= 0.6 is 8.03 Å². The number of hydrogen-bond donors (Lipinski definition) is 1. The highest BCUT2D eigenvalue weighted by Crippen LogP contribution is 2.32. The Hall–Kier alpha value is 0.157. The molecule has 1 N–H and O–H groups in total. The van der Waals surface area contributed by atoms with Gasteiger partial charge >= 0.3 is 16.8 Å². The SMILES string of the molecule is CCO[Si](OCC)(OCC)C(C)[P+](=O)O. The van der Waals surface area contributed by atoms with Gasteiger partial charge in [-0.2, -0.15) is 4.89 Å². The van der Waals surface area contributed by atoms with Crippen LogP contribution in [0.25, 0.3) is 0 Å². The lowest BCUT2D eigenvalue weighted by Gasteiger charge is -2.27. The smallest absolute Gasteiger partial charge is 0.371 e. The van der Waals surface area contributed by atoms with Gasteiger partial charge in [-0.3, -0.25) is 0 Å². The summed E-state index contributed by atoms with van der Waals surface area (Å²) in [6, 6.07) is 0. The van der Waals surface area contributed by atoms with E-state index in [0.717, 1.165) is 0 Å². The summed E-state index contributed by atoms with van der Waals surface area (Å²) < 4.78 is 27.6. The van der Waals surface area contributed by atoms with Gasteiger partial charge in [-0.1, -0.05) is 0 Å². The Morgan fingerprint density at radius 2 is 1.47 bits per heavy atom. The van der Waals surface area contributed by atoms with Crippen LogP contribution in [0.15, 0.2) is 0 Å². The van der Waals surface area contributed by atoms with Crippen LogP contribution in [0.5, 0.6) is 0 Å². The monoisotopic (exact) mass is 255 g/mol. The van der Waals surface area contributed by atoms with Crippen LogP contribution in [0.1, 0.15) is 27.7 Å². The van der Waals surface area contributed by atoms with E-state index in [9.17, 15) is 4.57 Å². The Kier molecular flexibility index (Phi) is 7.51. The Bertz CT molecular complexity index is 184. The summed E-state index contributed by atoms with van der Waals surface area (Å²) in [4.78, 5) is 9.14. The van der Waals surface area contributed by atoms with Crippen LogP contribution < -0.4 is 0 Å². The lowest BCUT2D eigenvalue weighted by atomic mass is 10.9. The van der Waals surface area contributed by atoms with E-state index in [4.69, 9.17) is 18.2 Å². The minimum absolute atomic E-state index is 0.416. The zero-order valence-corrected chi connectivity index (χ0v) is 11.6. The maximum atomic E-state index is 11.1. The fourth-order valence-corrected chi connectivity index (χ4v) is 5.16. The molecule has 0 spiro atoms. The van der Waals surface area contributed by atoms with E-state index in [0.29, 0.717) is 19.8 Å². The van der Waals surface area contributed by atoms with Gasteiger partial charge in [0.25, 0.3) is 5.28 Å². The molecule has 0 aromatic rings. The molecule has 90 valence electrons. The lowest BCUT2D eigenvalue weighted by Crippen LogP contribution is -2.54. The molecule has 0 amide bonds. The molecule has 0 fully saturated rings. The maximum Gasteiger partial charge on any atom is 0.558 e. The fourth-order valence-electron chi connectivity index (χ4n) is 1.23. The van der Waals surface area contributed by atoms with Crippen molar-refractivity contribution in [3.63, 3.8) is 0 Å². The first-order valence-corrected chi connectivity index (χ1v) is 8.19. The topological polar surface area (TPSA) is 65.0 Å². The number of rotatable bonds is 8. The van der Waals surface area contributed by atoms with Gasteiger partial charge < -0.3 is 13.3 Å². The van der Waals surface area contributed by atoms with Crippen LogP contribution in [0, 0.1) is 0 Å². The third-order valence-corrected chi connectivity index (χ3v) is 7.25. The Balaban J connectivity index is 4.81. The molecule has 0 radical (unpaired) electrons. The van der Waals surface area contributed by atoms with E-state index < -0.39 is 22.1 Å². The molecule has 0 heterocycles. The first-order chi connectivity index (χ1) is 7.04. The molecule has 2 unspecified atom stereocenters. The zero-order valence-electron chi connectivity index (χ0n) is 9.73. The molecule has 0 aliphatic rings. The molecule has 0 aliphatic heterocycles. The van der Waals surface area contributed by atoms with Crippen molar-refractivity contribution in [3.8, 4) is 0 Å². The molecule has 0 aromatic carbocycles. The van der Waals surface area contributed by atoms with Crippen molar-refractivity contribution < 1.29 is 22.7 Å². The highest BCUT2D eigenvalue weighted by Gasteiger charge is 2.57. The van der Waals surface area contributed by atoms with E-state index in [2.05, 4.69) is 0 Å². The second kappa shape index (κ2) is 7.43. The van der Waals surface area contributed by atoms with E-state index in [1.807, 2.05) is 20.8 Å². The average Bonchev–Trinajstić information content (AvgIpc) is 2.17. The van der Waals surface area contributed by atoms with Crippen molar-refractivity contribution in [1.29, 1.82) is 0 Å². The molecule has 0 saturated heterocycles. The first-order valence-electron chi connectivity index (χ1n) is 5.11. The molecule has 0 aromatic heterocycles. The average molecular weight is 255 g/mol. The summed E-state index contributed by atoms with van der Waals surface area (Å²) >= 11 is 0. The quantitative estimate of drug-likeness (QED) is 0.528. The van der Waals surface area contributed by atoms with Crippen molar-refractivity contribution in [3.05, 3.63) is 0 Å². The summed E-state index contributed by atoms with van der Waals surface area (Å²) in [5.74, 6) is 0. The van der Waals surface area contributed by atoms with E-state index >= 15 is 0 Å². The second-order valence-electron chi connectivity index (χ2n) is 2.88. The minimum atomic E-state index is -3.00. The van der Waals surface area contributed by atoms with Gasteiger partial charge in [0.15, 0.2) is 0 Å². The third kappa shape index (κ3) is 4.26. The number of hydrogen-bond acceptors (Lipinski definition) is 4. The summed E-state index contributed by atoms with van der Waals surface area (Å²) in [6.45, 7) is 8.33. The van der Waals surface area contributed by atoms with Crippen molar-refractivity contribution in [2.45, 2.75) is 33.0 Å². The molecule has 15 heavy (non-hydrogen) atoms. The van der Waals surface area contributed by atoms with E-state index in [1.54, 1.807) is 6.92 Å². The van der Waals surface area contributed by atoms with E-state index in [1.165, 1.54) is 0 Å². The van der Waals surface area contributed by atoms with Gasteiger partial charge in [-0.25, -0.2) is 0 Å². The zero-order chi connectivity index (χ0) is 11.9.